The van der Waals surface area contributed by atoms with Gasteiger partial charge in [0.25, 0.3) is 0 Å². The summed E-state index contributed by atoms with van der Waals surface area (Å²) < 4.78 is 123. The van der Waals surface area contributed by atoms with Crippen LogP contribution in [0, 0.1) is 11.6 Å². The van der Waals surface area contributed by atoms with Crippen molar-refractivity contribution in [3.63, 3.8) is 0 Å². The molecule has 4 rings (SSSR count). The van der Waals surface area contributed by atoms with Crippen molar-refractivity contribution in [2.75, 3.05) is 48.6 Å². The maximum Gasteiger partial charge on any atom is 0.404 e. The van der Waals surface area contributed by atoms with Gasteiger partial charge in [-0.2, -0.15) is 13.2 Å². The third kappa shape index (κ3) is 8.07. The molecule has 2 unspecified atom stereocenters. The molecule has 0 aliphatic carbocycles. The number of fused-ring (bicyclic) bond motifs is 1. The summed E-state index contributed by atoms with van der Waals surface area (Å²) in [5.74, 6) is -3.80. The molecule has 2 atom stereocenters. The number of alkyl halides is 5. The lowest BCUT2D eigenvalue weighted by atomic mass is 9.83. The first-order valence-corrected chi connectivity index (χ1v) is 15.3. The number of likely N-dealkylation sites (tertiary alicyclic amines) is 1. The SMILES string of the molecule is CC1Cc2cc(NS(=O)(=O)CC(F)(F)F)ccc2C(c2c(F)cc(NC3CN(CCCF)C3)cc2F)N1CC(C)(C)F. The van der Waals surface area contributed by atoms with Crippen LogP contribution in [0.25, 0.3) is 0 Å². The van der Waals surface area contributed by atoms with E-state index in [0.29, 0.717) is 37.2 Å². The molecule has 6 nitrogen and oxygen atoms in total. The van der Waals surface area contributed by atoms with Gasteiger partial charge in [-0.1, -0.05) is 6.07 Å². The average molecular weight is 625 g/mol. The molecule has 2 aliphatic heterocycles. The van der Waals surface area contributed by atoms with Crippen molar-refractivity contribution < 1.29 is 39.2 Å². The van der Waals surface area contributed by atoms with Crippen molar-refractivity contribution in [2.45, 2.75) is 63.6 Å². The van der Waals surface area contributed by atoms with Crippen LogP contribution in [0.1, 0.15) is 49.9 Å². The lowest BCUT2D eigenvalue weighted by molar-refractivity contribution is -0.106. The van der Waals surface area contributed by atoms with Crippen LogP contribution in [0.5, 0.6) is 0 Å². The van der Waals surface area contributed by atoms with Crippen LogP contribution in [0.4, 0.5) is 42.1 Å². The van der Waals surface area contributed by atoms with Gasteiger partial charge in [-0.3, -0.25) is 18.9 Å². The van der Waals surface area contributed by atoms with Gasteiger partial charge in [-0.15, -0.1) is 0 Å². The van der Waals surface area contributed by atoms with Gasteiger partial charge in [-0.25, -0.2) is 21.6 Å². The Bertz CT molecular complexity index is 1350. The molecule has 42 heavy (non-hydrogen) atoms. The average Bonchev–Trinajstić information content (AvgIpc) is 2.79. The van der Waals surface area contributed by atoms with Crippen molar-refractivity contribution in [2.24, 2.45) is 0 Å². The molecule has 1 fully saturated rings. The Morgan fingerprint density at radius 1 is 1.00 bits per heavy atom. The lowest BCUT2D eigenvalue weighted by Crippen LogP contribution is -2.54. The zero-order chi connectivity index (χ0) is 31.0. The van der Waals surface area contributed by atoms with Crippen LogP contribution in [-0.4, -0.2) is 80.8 Å². The molecule has 2 aliphatic rings. The van der Waals surface area contributed by atoms with E-state index in [9.17, 15) is 30.4 Å². The standard InChI is InChI=1S/C28H35F7N4O2S/c1-17-9-18-10-19(37-42(40,41)16-28(33,34)35)5-6-22(18)26(39(17)15-27(2,3)32)25-23(30)11-20(12-24(25)31)36-21-13-38(14-21)8-4-7-29/h5-6,10-12,17,21,26,36-37H,4,7-9,13-16H2,1-3H3. The predicted molar refractivity (Wildman–Crippen MR) is 148 cm³/mol. The van der Waals surface area contributed by atoms with Crippen LogP contribution < -0.4 is 10.0 Å². The van der Waals surface area contributed by atoms with Gasteiger partial charge < -0.3 is 5.32 Å². The van der Waals surface area contributed by atoms with E-state index in [0.717, 1.165) is 0 Å². The number of sulfonamides is 1. The van der Waals surface area contributed by atoms with Crippen molar-refractivity contribution in [3.8, 4) is 0 Å². The van der Waals surface area contributed by atoms with Gasteiger partial charge in [0.15, 0.2) is 5.75 Å². The van der Waals surface area contributed by atoms with Crippen LogP contribution in [0.3, 0.4) is 0 Å². The molecule has 2 heterocycles. The first-order chi connectivity index (χ1) is 19.4. The number of halogens is 7. The summed E-state index contributed by atoms with van der Waals surface area (Å²) >= 11 is 0. The summed E-state index contributed by atoms with van der Waals surface area (Å²) in [6, 6.07) is 4.71. The minimum atomic E-state index is -4.94. The van der Waals surface area contributed by atoms with Gasteiger partial charge in [0.2, 0.25) is 10.0 Å². The molecule has 0 amide bonds. The molecule has 2 aromatic carbocycles. The number of benzene rings is 2. The van der Waals surface area contributed by atoms with Crippen LogP contribution in [0.2, 0.25) is 0 Å². The van der Waals surface area contributed by atoms with Gasteiger partial charge in [0.05, 0.1) is 18.8 Å². The number of nitrogens with zero attached hydrogens (tertiary/aromatic N) is 2. The molecule has 2 N–H and O–H groups in total. The summed E-state index contributed by atoms with van der Waals surface area (Å²) in [7, 11) is -4.75. The molecule has 0 radical (unpaired) electrons. The van der Waals surface area contributed by atoms with Crippen molar-refractivity contribution in [1.82, 2.24) is 9.80 Å². The maximum atomic E-state index is 15.7. The minimum Gasteiger partial charge on any atom is -0.380 e. The van der Waals surface area contributed by atoms with Crippen LogP contribution in [-0.2, 0) is 16.4 Å². The fourth-order valence-electron chi connectivity index (χ4n) is 5.71. The third-order valence-electron chi connectivity index (χ3n) is 7.32. The van der Waals surface area contributed by atoms with E-state index in [1.807, 2.05) is 9.62 Å². The highest BCUT2D eigenvalue weighted by Gasteiger charge is 2.40. The van der Waals surface area contributed by atoms with Gasteiger partial charge >= 0.3 is 6.18 Å². The van der Waals surface area contributed by atoms with E-state index >= 15 is 8.78 Å². The van der Waals surface area contributed by atoms with E-state index in [2.05, 4.69) is 5.32 Å². The van der Waals surface area contributed by atoms with Gasteiger partial charge in [0.1, 0.15) is 17.3 Å². The molecule has 0 aromatic heterocycles. The number of nitrogens with one attached hydrogen (secondary N) is 2. The highest BCUT2D eigenvalue weighted by atomic mass is 32.2. The number of anilines is 2. The van der Waals surface area contributed by atoms with E-state index < -0.39 is 58.0 Å². The van der Waals surface area contributed by atoms with E-state index in [-0.39, 0.29) is 35.9 Å². The monoisotopic (exact) mass is 624 g/mol. The minimum absolute atomic E-state index is 0.0620. The molecule has 234 valence electrons. The first-order valence-electron chi connectivity index (χ1n) is 13.6. The summed E-state index contributed by atoms with van der Waals surface area (Å²) in [5, 5.41) is 3.08. The fraction of sp³-hybridized carbons (Fsp3) is 0.571. The number of rotatable bonds is 11. The van der Waals surface area contributed by atoms with E-state index in [1.165, 1.54) is 44.2 Å². The molecule has 1 saturated heterocycles. The molecule has 0 bridgehead atoms. The van der Waals surface area contributed by atoms with Gasteiger partial charge in [0, 0.05) is 49.2 Å². The first kappa shape index (κ1) is 32.3. The highest BCUT2D eigenvalue weighted by Crippen LogP contribution is 2.42. The second-order valence-corrected chi connectivity index (χ2v) is 13.5. The molecular formula is C28H35F7N4O2S. The smallest absolute Gasteiger partial charge is 0.380 e. The van der Waals surface area contributed by atoms with Gasteiger partial charge in [-0.05, 0) is 69.0 Å². The Kier molecular flexibility index (Phi) is 9.39. The summed E-state index contributed by atoms with van der Waals surface area (Å²) in [5.41, 5.74) is -1.09. The Balaban J connectivity index is 1.66. The Labute approximate surface area is 241 Å². The molecule has 14 heteroatoms. The van der Waals surface area contributed by atoms with Crippen molar-refractivity contribution >= 4 is 21.4 Å². The third-order valence-corrected chi connectivity index (χ3v) is 8.58. The molecular weight excluding hydrogens is 589 g/mol. The second-order valence-electron chi connectivity index (χ2n) is 11.7. The summed E-state index contributed by atoms with van der Waals surface area (Å²) in [6.07, 6.45) is -4.29. The molecule has 2 aromatic rings. The molecule has 0 saturated carbocycles. The quantitative estimate of drug-likeness (QED) is 0.309. The predicted octanol–water partition coefficient (Wildman–Crippen LogP) is 5.81. The van der Waals surface area contributed by atoms with E-state index in [4.69, 9.17) is 0 Å². The Hall–Kier alpha value is -2.58. The second kappa shape index (κ2) is 12.2. The van der Waals surface area contributed by atoms with Crippen LogP contribution in [0.15, 0.2) is 30.3 Å². The van der Waals surface area contributed by atoms with Crippen molar-refractivity contribution in [3.05, 3.63) is 58.7 Å². The zero-order valence-corrected chi connectivity index (χ0v) is 24.4. The number of hydrogen-bond donors (Lipinski definition) is 2. The van der Waals surface area contributed by atoms with Crippen LogP contribution >= 0.6 is 0 Å². The topological polar surface area (TPSA) is 64.7 Å². The normalized spacial score (nSPS) is 20.7. The summed E-state index contributed by atoms with van der Waals surface area (Å²) in [4.78, 5) is 3.66. The number of hydrogen-bond acceptors (Lipinski definition) is 5. The highest BCUT2D eigenvalue weighted by molar-refractivity contribution is 7.92. The maximum absolute atomic E-state index is 15.7. The lowest BCUT2D eigenvalue weighted by Gasteiger charge is -2.44. The fourth-order valence-corrected chi connectivity index (χ4v) is 6.70. The summed E-state index contributed by atoms with van der Waals surface area (Å²) in [6.45, 7) is 5.65. The molecule has 0 spiro atoms. The Morgan fingerprint density at radius 3 is 2.21 bits per heavy atom. The Morgan fingerprint density at radius 2 is 1.64 bits per heavy atom. The largest absolute Gasteiger partial charge is 0.404 e. The van der Waals surface area contributed by atoms with Crippen molar-refractivity contribution in [1.29, 1.82) is 0 Å². The zero-order valence-electron chi connectivity index (χ0n) is 23.5. The van der Waals surface area contributed by atoms with E-state index in [1.54, 1.807) is 11.8 Å².